The van der Waals surface area contributed by atoms with Crippen LogP contribution in [0.3, 0.4) is 0 Å². The number of rotatable bonds is 2. The summed E-state index contributed by atoms with van der Waals surface area (Å²) in [5.41, 5.74) is 5.91. The number of aromatic nitrogens is 2. The minimum atomic E-state index is -4.60. The first-order valence-electron chi connectivity index (χ1n) is 11.1. The van der Waals surface area contributed by atoms with Crippen LogP contribution in [-0.4, -0.2) is 60.6 Å². The molecule has 0 unspecified atom stereocenters. The molecule has 1 atom stereocenters. The summed E-state index contributed by atoms with van der Waals surface area (Å²) in [5, 5.41) is 0. The van der Waals surface area contributed by atoms with Gasteiger partial charge < -0.3 is 24.7 Å². The molecule has 1 aromatic heterocycles. The van der Waals surface area contributed by atoms with Crippen LogP contribution in [0.4, 0.5) is 29.5 Å². The van der Waals surface area contributed by atoms with E-state index in [1.165, 1.54) is 6.20 Å². The van der Waals surface area contributed by atoms with Gasteiger partial charge >= 0.3 is 12.3 Å². The van der Waals surface area contributed by atoms with Gasteiger partial charge in [0.05, 0.1) is 12.1 Å². The standard InChI is InChI=1S/C19H19F3N4O3.C2H6.CH3NO/c20-19(21,22)15-11-29-18(27)26(15)16-10-25-7-8-28-14-9-12(24-5-1-2-6-24)3-4-13(14)17(25)23-16;1-2;2-1-3/h3-4,9-10,15H,1-2,5-8,11H2;1-2H3;1H,(H2,2,3)/t15-;;/m0../s1. The van der Waals surface area contributed by atoms with Crippen LogP contribution in [0.2, 0.25) is 0 Å². The molecule has 3 aliphatic heterocycles. The first kappa shape index (κ1) is 25.2. The lowest BCUT2D eigenvalue weighted by atomic mass is 10.1. The molecule has 4 heterocycles. The van der Waals surface area contributed by atoms with Crippen LogP contribution >= 0.6 is 0 Å². The zero-order valence-corrected chi connectivity index (χ0v) is 19.0. The van der Waals surface area contributed by atoms with Crippen LogP contribution in [0, 0.1) is 0 Å². The van der Waals surface area contributed by atoms with Crippen molar-refractivity contribution in [1.82, 2.24) is 9.55 Å². The highest BCUT2D eigenvalue weighted by Crippen LogP contribution is 2.39. The van der Waals surface area contributed by atoms with Gasteiger partial charge in [-0.1, -0.05) is 13.8 Å². The van der Waals surface area contributed by atoms with E-state index in [1.807, 2.05) is 32.0 Å². The van der Waals surface area contributed by atoms with Gasteiger partial charge in [0.25, 0.3) is 0 Å². The zero-order chi connectivity index (χ0) is 24.9. The predicted octanol–water partition coefficient (Wildman–Crippen LogP) is 3.56. The van der Waals surface area contributed by atoms with Crippen LogP contribution < -0.4 is 20.3 Å². The molecule has 2 amide bonds. The third-order valence-corrected chi connectivity index (χ3v) is 5.53. The summed E-state index contributed by atoms with van der Waals surface area (Å²) in [6.45, 7) is 6.02. The highest BCUT2D eigenvalue weighted by molar-refractivity contribution is 5.90. The zero-order valence-electron chi connectivity index (χ0n) is 19.0. The Labute approximate surface area is 195 Å². The summed E-state index contributed by atoms with van der Waals surface area (Å²) in [5.74, 6) is 1.05. The Bertz CT molecular complexity index is 1000. The first-order chi connectivity index (χ1) is 16.3. The largest absolute Gasteiger partial charge is 0.491 e. The number of carbonyl (C=O) groups excluding carboxylic acids is 2. The van der Waals surface area contributed by atoms with E-state index in [0.29, 0.717) is 35.2 Å². The van der Waals surface area contributed by atoms with Gasteiger partial charge in [-0.15, -0.1) is 0 Å². The van der Waals surface area contributed by atoms with E-state index in [-0.39, 0.29) is 12.2 Å². The monoisotopic (exact) mass is 483 g/mol. The second-order valence-corrected chi connectivity index (χ2v) is 7.48. The molecular formula is C22H28F3N5O4. The van der Waals surface area contributed by atoms with Gasteiger partial charge in [-0.25, -0.2) is 14.7 Å². The molecule has 2 aromatic rings. The first-order valence-corrected chi connectivity index (χ1v) is 11.1. The molecule has 186 valence electrons. The summed E-state index contributed by atoms with van der Waals surface area (Å²) >= 11 is 0. The summed E-state index contributed by atoms with van der Waals surface area (Å²) in [6.07, 6.45) is -1.64. The van der Waals surface area contributed by atoms with Gasteiger partial charge in [0, 0.05) is 31.0 Å². The lowest BCUT2D eigenvalue weighted by Crippen LogP contribution is -2.44. The van der Waals surface area contributed by atoms with Gasteiger partial charge in [-0.05, 0) is 25.0 Å². The molecule has 2 saturated heterocycles. The highest BCUT2D eigenvalue weighted by atomic mass is 19.4. The molecule has 34 heavy (non-hydrogen) atoms. The normalized spacial score (nSPS) is 18.9. The Morgan fingerprint density at radius 2 is 1.82 bits per heavy atom. The Morgan fingerprint density at radius 1 is 1.15 bits per heavy atom. The number of ether oxygens (including phenoxy) is 2. The average Bonchev–Trinajstić information content (AvgIpc) is 3.54. The number of anilines is 2. The van der Waals surface area contributed by atoms with Gasteiger partial charge in [0.1, 0.15) is 24.8 Å². The molecule has 1 aromatic carbocycles. The topological polar surface area (TPSA) is 103 Å². The molecule has 0 bridgehead atoms. The van der Waals surface area contributed by atoms with E-state index in [2.05, 4.69) is 20.4 Å². The smallest absolute Gasteiger partial charge is 0.416 e. The molecule has 3 aliphatic rings. The second kappa shape index (κ2) is 10.7. The molecule has 0 aliphatic carbocycles. The lowest BCUT2D eigenvalue weighted by molar-refractivity contribution is -0.147. The third kappa shape index (κ3) is 5.05. The van der Waals surface area contributed by atoms with Crippen LogP contribution in [0.15, 0.2) is 24.4 Å². The number of fused-ring (bicyclic) bond motifs is 3. The minimum Gasteiger partial charge on any atom is -0.491 e. The number of carbonyl (C=O) groups is 2. The number of primary amides is 1. The van der Waals surface area contributed by atoms with E-state index in [1.54, 1.807) is 4.57 Å². The summed E-state index contributed by atoms with van der Waals surface area (Å²) in [6, 6.07) is 3.76. The van der Waals surface area contributed by atoms with Crippen molar-refractivity contribution in [2.75, 3.05) is 36.1 Å². The molecule has 0 spiro atoms. The maximum atomic E-state index is 13.3. The predicted molar refractivity (Wildman–Crippen MR) is 120 cm³/mol. The van der Waals surface area contributed by atoms with Gasteiger partial charge in [-0.2, -0.15) is 13.2 Å². The highest BCUT2D eigenvalue weighted by Gasteiger charge is 2.52. The van der Waals surface area contributed by atoms with Crippen molar-refractivity contribution < 1.29 is 32.2 Å². The maximum Gasteiger partial charge on any atom is 0.416 e. The number of amides is 2. The summed E-state index contributed by atoms with van der Waals surface area (Å²) < 4.78 is 52.2. The van der Waals surface area contributed by atoms with Crippen LogP contribution in [0.25, 0.3) is 11.4 Å². The number of benzene rings is 1. The van der Waals surface area contributed by atoms with E-state index < -0.39 is 24.9 Å². The fourth-order valence-electron chi connectivity index (χ4n) is 4.06. The Morgan fingerprint density at radius 3 is 2.47 bits per heavy atom. The number of cyclic esters (lactones) is 1. The van der Waals surface area contributed by atoms with E-state index in [0.717, 1.165) is 31.6 Å². The van der Waals surface area contributed by atoms with Crippen molar-refractivity contribution in [2.24, 2.45) is 5.73 Å². The molecule has 2 fully saturated rings. The molecule has 0 radical (unpaired) electrons. The van der Waals surface area contributed by atoms with E-state index in [4.69, 9.17) is 9.53 Å². The number of halogens is 3. The molecule has 12 heteroatoms. The van der Waals surface area contributed by atoms with Crippen LogP contribution in [0.1, 0.15) is 26.7 Å². The minimum absolute atomic E-state index is 0.0682. The number of hydrogen-bond donors (Lipinski definition) is 1. The lowest BCUT2D eigenvalue weighted by Gasteiger charge is -2.21. The van der Waals surface area contributed by atoms with Crippen molar-refractivity contribution >= 4 is 24.0 Å². The second-order valence-electron chi connectivity index (χ2n) is 7.48. The van der Waals surface area contributed by atoms with Gasteiger partial charge in [0.2, 0.25) is 6.41 Å². The molecular weight excluding hydrogens is 455 g/mol. The fourth-order valence-corrected chi connectivity index (χ4v) is 4.06. The van der Waals surface area contributed by atoms with Crippen molar-refractivity contribution in [3.63, 3.8) is 0 Å². The van der Waals surface area contributed by atoms with Crippen molar-refractivity contribution in [3.05, 3.63) is 24.4 Å². The van der Waals surface area contributed by atoms with Crippen molar-refractivity contribution in [1.29, 1.82) is 0 Å². The SMILES string of the molecule is CC.NC=O.O=C1OC[C@@H](C(F)(F)F)N1c1cn2c(n1)-c1ccc(N3CCCC3)cc1OCC2. The Kier molecular flexibility index (Phi) is 7.90. The Hall–Kier alpha value is -3.44. The summed E-state index contributed by atoms with van der Waals surface area (Å²) in [7, 11) is 0. The number of nitrogens with zero attached hydrogens (tertiary/aromatic N) is 4. The van der Waals surface area contributed by atoms with E-state index in [9.17, 15) is 18.0 Å². The summed E-state index contributed by atoms with van der Waals surface area (Å²) in [4.78, 5) is 27.8. The number of alkyl halides is 3. The number of nitrogens with two attached hydrogens (primary N) is 1. The van der Waals surface area contributed by atoms with Crippen LogP contribution in [-0.2, 0) is 16.1 Å². The average molecular weight is 483 g/mol. The molecule has 0 saturated carbocycles. The molecule has 5 rings (SSSR count). The fraction of sp³-hybridized carbons (Fsp3) is 0.500. The third-order valence-electron chi connectivity index (χ3n) is 5.53. The Balaban J connectivity index is 0.000000603. The number of hydrogen-bond acceptors (Lipinski definition) is 6. The van der Waals surface area contributed by atoms with Crippen LogP contribution in [0.5, 0.6) is 5.75 Å². The van der Waals surface area contributed by atoms with Gasteiger partial charge in [-0.3, -0.25) is 4.79 Å². The van der Waals surface area contributed by atoms with E-state index >= 15 is 0 Å². The quantitative estimate of drug-likeness (QED) is 0.656. The maximum absolute atomic E-state index is 13.3. The number of imidazole rings is 1. The molecule has 2 N–H and O–H groups in total. The molecule has 9 nitrogen and oxygen atoms in total. The van der Waals surface area contributed by atoms with Crippen molar-refractivity contribution in [3.8, 4) is 17.1 Å². The van der Waals surface area contributed by atoms with Crippen molar-refractivity contribution in [2.45, 2.75) is 45.5 Å². The van der Waals surface area contributed by atoms with Gasteiger partial charge in [0.15, 0.2) is 11.9 Å².